The maximum atomic E-state index is 12.1. The molecule has 7 heteroatoms. The summed E-state index contributed by atoms with van der Waals surface area (Å²) in [7, 11) is -2.33. The Morgan fingerprint density at radius 1 is 1.65 bits per heavy atom. The van der Waals surface area contributed by atoms with E-state index in [0.29, 0.717) is 0 Å². The van der Waals surface area contributed by atoms with E-state index in [2.05, 4.69) is 4.98 Å². The zero-order valence-electron chi connectivity index (χ0n) is 9.66. The van der Waals surface area contributed by atoms with Gasteiger partial charge in [0.05, 0.1) is 17.7 Å². The van der Waals surface area contributed by atoms with Crippen molar-refractivity contribution in [2.24, 2.45) is 5.92 Å². The number of nitrogens with two attached hydrogens (primary N) is 1. The van der Waals surface area contributed by atoms with Crippen molar-refractivity contribution in [3.8, 4) is 6.07 Å². The molecule has 1 heterocycles. The number of nitrogens with zero attached hydrogens (tertiary/aromatic N) is 3. The maximum Gasteiger partial charge on any atom is 0.262 e. The van der Waals surface area contributed by atoms with E-state index in [0.717, 1.165) is 4.31 Å². The van der Waals surface area contributed by atoms with Crippen LogP contribution in [0.3, 0.4) is 0 Å². The molecule has 17 heavy (non-hydrogen) atoms. The standard InChI is InChI=1S/C10H14N4O2S/c1-8(6-11)7-14(2)17(15,16)10-9(12)4-3-5-13-10/h3-5,8H,7,12H2,1-2H3. The van der Waals surface area contributed by atoms with Crippen LogP contribution in [0.1, 0.15) is 6.92 Å². The van der Waals surface area contributed by atoms with Gasteiger partial charge in [-0.3, -0.25) is 0 Å². The first kappa shape index (κ1) is 13.4. The number of hydrogen-bond donors (Lipinski definition) is 1. The minimum absolute atomic E-state index is 0.101. The Morgan fingerprint density at radius 2 is 2.29 bits per heavy atom. The van der Waals surface area contributed by atoms with Gasteiger partial charge >= 0.3 is 0 Å². The van der Waals surface area contributed by atoms with Crippen LogP contribution in [-0.2, 0) is 10.0 Å². The molecule has 1 unspecified atom stereocenters. The first-order valence-corrected chi connectivity index (χ1v) is 6.40. The summed E-state index contributed by atoms with van der Waals surface area (Å²) in [6.45, 7) is 1.75. The van der Waals surface area contributed by atoms with E-state index in [-0.39, 0.29) is 23.2 Å². The van der Waals surface area contributed by atoms with Crippen LogP contribution < -0.4 is 5.73 Å². The van der Waals surface area contributed by atoms with Gasteiger partial charge in [0.2, 0.25) is 0 Å². The molecule has 0 aromatic carbocycles. The SMILES string of the molecule is CC(C#N)CN(C)S(=O)(=O)c1ncccc1N. The molecule has 1 rings (SSSR count). The van der Waals surface area contributed by atoms with Gasteiger partial charge < -0.3 is 5.73 Å². The van der Waals surface area contributed by atoms with Crippen molar-refractivity contribution in [2.45, 2.75) is 11.9 Å². The number of nitrogen functional groups attached to an aromatic ring is 1. The lowest BCUT2D eigenvalue weighted by Crippen LogP contribution is -2.31. The van der Waals surface area contributed by atoms with Gasteiger partial charge in [-0.2, -0.15) is 9.57 Å². The Morgan fingerprint density at radius 3 is 2.82 bits per heavy atom. The van der Waals surface area contributed by atoms with Gasteiger partial charge in [0.1, 0.15) is 0 Å². The molecule has 2 N–H and O–H groups in total. The van der Waals surface area contributed by atoms with Gasteiger partial charge in [-0.15, -0.1) is 0 Å². The highest BCUT2D eigenvalue weighted by Gasteiger charge is 2.25. The van der Waals surface area contributed by atoms with E-state index >= 15 is 0 Å². The highest BCUT2D eigenvalue weighted by molar-refractivity contribution is 7.89. The van der Waals surface area contributed by atoms with Crippen molar-refractivity contribution in [3.63, 3.8) is 0 Å². The zero-order valence-corrected chi connectivity index (χ0v) is 10.5. The number of aromatic nitrogens is 1. The molecular weight excluding hydrogens is 240 g/mol. The normalized spacial score (nSPS) is 13.3. The Kier molecular flexibility index (Phi) is 4.04. The number of sulfonamides is 1. The van der Waals surface area contributed by atoms with E-state index in [1.807, 2.05) is 6.07 Å². The van der Waals surface area contributed by atoms with Gasteiger partial charge in [0.25, 0.3) is 10.0 Å². The number of pyridine rings is 1. The van der Waals surface area contributed by atoms with Crippen LogP contribution >= 0.6 is 0 Å². The van der Waals surface area contributed by atoms with Crippen LogP contribution in [0.4, 0.5) is 5.69 Å². The van der Waals surface area contributed by atoms with Crippen LogP contribution in [0.2, 0.25) is 0 Å². The van der Waals surface area contributed by atoms with E-state index in [1.165, 1.54) is 19.3 Å². The minimum Gasteiger partial charge on any atom is -0.396 e. The maximum absolute atomic E-state index is 12.1. The molecule has 0 aliphatic rings. The highest BCUT2D eigenvalue weighted by Crippen LogP contribution is 2.18. The van der Waals surface area contributed by atoms with Gasteiger partial charge in [-0.25, -0.2) is 13.4 Å². The van der Waals surface area contributed by atoms with Crippen molar-refractivity contribution in [1.29, 1.82) is 5.26 Å². The van der Waals surface area contributed by atoms with Crippen LogP contribution in [0.25, 0.3) is 0 Å². The Hall–Kier alpha value is -1.65. The van der Waals surface area contributed by atoms with Crippen molar-refractivity contribution < 1.29 is 8.42 Å². The van der Waals surface area contributed by atoms with E-state index in [4.69, 9.17) is 11.0 Å². The molecule has 6 nitrogen and oxygen atoms in total. The van der Waals surface area contributed by atoms with Crippen molar-refractivity contribution >= 4 is 15.7 Å². The van der Waals surface area contributed by atoms with Gasteiger partial charge in [-0.1, -0.05) is 0 Å². The predicted octanol–water partition coefficient (Wildman–Crippen LogP) is 0.444. The van der Waals surface area contributed by atoms with Gasteiger partial charge in [0, 0.05) is 19.8 Å². The molecule has 0 aliphatic carbocycles. The van der Waals surface area contributed by atoms with Crippen LogP contribution in [-0.4, -0.2) is 31.3 Å². The van der Waals surface area contributed by atoms with Crippen LogP contribution in [0.15, 0.2) is 23.4 Å². The quantitative estimate of drug-likeness (QED) is 0.840. The number of hydrogen-bond acceptors (Lipinski definition) is 5. The molecule has 1 atom stereocenters. The molecule has 92 valence electrons. The predicted molar refractivity (Wildman–Crippen MR) is 63.2 cm³/mol. The van der Waals surface area contributed by atoms with Crippen molar-refractivity contribution in [3.05, 3.63) is 18.3 Å². The minimum atomic E-state index is -3.73. The number of anilines is 1. The van der Waals surface area contributed by atoms with Gasteiger partial charge in [-0.05, 0) is 19.1 Å². The molecule has 0 aliphatic heterocycles. The fourth-order valence-electron chi connectivity index (χ4n) is 1.29. The van der Waals surface area contributed by atoms with E-state index in [1.54, 1.807) is 13.0 Å². The second kappa shape index (κ2) is 5.12. The first-order valence-electron chi connectivity index (χ1n) is 4.96. The Balaban J connectivity index is 3.05. The average Bonchev–Trinajstić information content (AvgIpc) is 2.29. The zero-order chi connectivity index (χ0) is 13.1. The highest BCUT2D eigenvalue weighted by atomic mass is 32.2. The Labute approximate surface area is 101 Å². The van der Waals surface area contributed by atoms with Crippen molar-refractivity contribution in [2.75, 3.05) is 19.3 Å². The third kappa shape index (κ3) is 2.93. The smallest absolute Gasteiger partial charge is 0.262 e. The fraction of sp³-hybridized carbons (Fsp3) is 0.400. The van der Waals surface area contributed by atoms with Gasteiger partial charge in [0.15, 0.2) is 5.03 Å². The monoisotopic (exact) mass is 254 g/mol. The molecule has 0 radical (unpaired) electrons. The van der Waals surface area contributed by atoms with Crippen molar-refractivity contribution in [1.82, 2.24) is 9.29 Å². The topological polar surface area (TPSA) is 100 Å². The van der Waals surface area contributed by atoms with E-state index < -0.39 is 10.0 Å². The number of nitriles is 1. The lowest BCUT2D eigenvalue weighted by molar-refractivity contribution is 0.437. The van der Waals surface area contributed by atoms with E-state index in [9.17, 15) is 8.42 Å². The molecule has 0 bridgehead atoms. The molecule has 1 aromatic heterocycles. The second-order valence-electron chi connectivity index (χ2n) is 3.71. The van der Waals surface area contributed by atoms with Crippen LogP contribution in [0.5, 0.6) is 0 Å². The molecule has 0 amide bonds. The molecule has 0 spiro atoms. The third-order valence-corrected chi connectivity index (χ3v) is 4.01. The lowest BCUT2D eigenvalue weighted by Gasteiger charge is -2.18. The summed E-state index contributed by atoms with van der Waals surface area (Å²) in [5, 5.41) is 8.49. The number of rotatable bonds is 4. The molecule has 0 fully saturated rings. The summed E-state index contributed by atoms with van der Waals surface area (Å²) >= 11 is 0. The van der Waals surface area contributed by atoms with Crippen LogP contribution in [0, 0.1) is 17.2 Å². The summed E-state index contributed by atoms with van der Waals surface area (Å²) < 4.78 is 25.2. The fourth-order valence-corrected chi connectivity index (χ4v) is 2.57. The summed E-state index contributed by atoms with van der Waals surface area (Å²) in [6, 6.07) is 5.01. The average molecular weight is 254 g/mol. The molecular formula is C10H14N4O2S. The summed E-state index contributed by atoms with van der Waals surface area (Å²) in [6.07, 6.45) is 1.37. The second-order valence-corrected chi connectivity index (χ2v) is 5.67. The lowest BCUT2D eigenvalue weighted by atomic mass is 10.2. The molecule has 0 saturated heterocycles. The summed E-state index contributed by atoms with van der Waals surface area (Å²) in [4.78, 5) is 3.77. The first-order chi connectivity index (χ1) is 7.89. The third-order valence-electron chi connectivity index (χ3n) is 2.21. The molecule has 1 aromatic rings. The molecule has 0 saturated carbocycles. The largest absolute Gasteiger partial charge is 0.396 e. The summed E-state index contributed by atoms with van der Waals surface area (Å²) in [5.41, 5.74) is 5.68. The summed E-state index contributed by atoms with van der Waals surface area (Å²) in [5.74, 6) is -0.389. The Bertz CT molecular complexity index is 535.